The van der Waals surface area contributed by atoms with E-state index in [9.17, 15) is 14.9 Å². The second-order valence-electron chi connectivity index (χ2n) is 4.87. The van der Waals surface area contributed by atoms with Gasteiger partial charge in [0.05, 0.1) is 10.2 Å². The number of carbonyl (C=O) groups excluding carboxylic acids is 1. The van der Waals surface area contributed by atoms with E-state index in [0.29, 0.717) is 5.69 Å². The molecule has 1 N–H and O–H groups in total. The summed E-state index contributed by atoms with van der Waals surface area (Å²) in [4.78, 5) is 23.4. The van der Waals surface area contributed by atoms with Gasteiger partial charge in [0.1, 0.15) is 0 Å². The molecule has 22 heavy (non-hydrogen) atoms. The second-order valence-corrected chi connectivity index (χ2v) is 6.28. The van der Waals surface area contributed by atoms with Gasteiger partial charge in [0.15, 0.2) is 0 Å². The van der Waals surface area contributed by atoms with Crippen LogP contribution in [0.5, 0.6) is 0 Å². The number of carbonyl (C=O) groups is 1. The SMILES string of the molecule is Cc1ccc(S[C@H](C)C(=O)Nc2cccc([N+](=O)[O-])c2)cc1. The van der Waals surface area contributed by atoms with E-state index in [1.807, 2.05) is 31.2 Å². The number of aryl methyl sites for hydroxylation is 1. The number of hydrogen-bond acceptors (Lipinski definition) is 4. The van der Waals surface area contributed by atoms with Gasteiger partial charge >= 0.3 is 0 Å². The van der Waals surface area contributed by atoms with Gasteiger partial charge in [-0.2, -0.15) is 0 Å². The van der Waals surface area contributed by atoms with Crippen LogP contribution >= 0.6 is 11.8 Å². The highest BCUT2D eigenvalue weighted by Crippen LogP contribution is 2.25. The molecule has 0 aromatic heterocycles. The van der Waals surface area contributed by atoms with Gasteiger partial charge in [-0.25, -0.2) is 0 Å². The van der Waals surface area contributed by atoms with E-state index < -0.39 is 4.92 Å². The van der Waals surface area contributed by atoms with Crippen molar-refractivity contribution in [2.24, 2.45) is 0 Å². The number of rotatable bonds is 5. The van der Waals surface area contributed by atoms with Crippen LogP contribution < -0.4 is 5.32 Å². The molecule has 0 aliphatic heterocycles. The fourth-order valence-electron chi connectivity index (χ4n) is 1.82. The minimum Gasteiger partial charge on any atom is -0.325 e. The number of amides is 1. The van der Waals surface area contributed by atoms with Crippen molar-refractivity contribution in [3.63, 3.8) is 0 Å². The number of nitro groups is 1. The fraction of sp³-hybridized carbons (Fsp3) is 0.188. The van der Waals surface area contributed by atoms with Crippen molar-refractivity contribution in [1.29, 1.82) is 0 Å². The Kier molecular flexibility index (Phi) is 5.16. The summed E-state index contributed by atoms with van der Waals surface area (Å²) < 4.78 is 0. The van der Waals surface area contributed by atoms with Gasteiger partial charge in [-0.15, -0.1) is 11.8 Å². The molecule has 0 unspecified atom stereocenters. The molecule has 0 aliphatic rings. The van der Waals surface area contributed by atoms with E-state index in [1.54, 1.807) is 19.1 Å². The Morgan fingerprint density at radius 1 is 1.23 bits per heavy atom. The Morgan fingerprint density at radius 2 is 1.91 bits per heavy atom. The minimum atomic E-state index is -0.486. The summed E-state index contributed by atoms with van der Waals surface area (Å²) in [5, 5.41) is 13.1. The zero-order valence-corrected chi connectivity index (χ0v) is 13.1. The normalized spacial score (nSPS) is 11.7. The van der Waals surface area contributed by atoms with Crippen LogP contribution in [-0.2, 0) is 4.79 Å². The van der Waals surface area contributed by atoms with Crippen molar-refractivity contribution in [2.45, 2.75) is 24.0 Å². The van der Waals surface area contributed by atoms with E-state index in [1.165, 1.54) is 23.9 Å². The first-order valence-electron chi connectivity index (χ1n) is 6.74. The number of nitrogens with one attached hydrogen (secondary N) is 1. The van der Waals surface area contributed by atoms with Crippen molar-refractivity contribution >= 4 is 29.0 Å². The molecule has 2 rings (SSSR count). The van der Waals surface area contributed by atoms with Crippen LogP contribution in [0.3, 0.4) is 0 Å². The monoisotopic (exact) mass is 316 g/mol. The first kappa shape index (κ1) is 16.0. The molecule has 1 atom stereocenters. The lowest BCUT2D eigenvalue weighted by atomic mass is 10.2. The Labute approximate surface area is 132 Å². The van der Waals surface area contributed by atoms with E-state index in [2.05, 4.69) is 5.32 Å². The molecule has 0 radical (unpaired) electrons. The van der Waals surface area contributed by atoms with Crippen LogP contribution in [0, 0.1) is 17.0 Å². The van der Waals surface area contributed by atoms with Crippen LogP contribution in [0.1, 0.15) is 12.5 Å². The van der Waals surface area contributed by atoms with Gasteiger partial charge in [0.2, 0.25) is 5.91 Å². The van der Waals surface area contributed by atoms with Crippen molar-refractivity contribution < 1.29 is 9.72 Å². The summed E-state index contributed by atoms with van der Waals surface area (Å²) in [5.41, 5.74) is 1.55. The lowest BCUT2D eigenvalue weighted by molar-refractivity contribution is -0.384. The van der Waals surface area contributed by atoms with Gasteiger partial charge in [-0.1, -0.05) is 23.8 Å². The molecule has 1 amide bonds. The Morgan fingerprint density at radius 3 is 2.55 bits per heavy atom. The van der Waals surface area contributed by atoms with E-state index >= 15 is 0 Å². The molecule has 0 bridgehead atoms. The largest absolute Gasteiger partial charge is 0.325 e. The van der Waals surface area contributed by atoms with E-state index in [-0.39, 0.29) is 16.8 Å². The average molecular weight is 316 g/mol. The number of hydrogen-bond donors (Lipinski definition) is 1. The molecule has 114 valence electrons. The summed E-state index contributed by atoms with van der Waals surface area (Å²) in [6, 6.07) is 13.8. The molecule has 0 aliphatic carbocycles. The molecule has 0 heterocycles. The summed E-state index contributed by atoms with van der Waals surface area (Å²) in [5.74, 6) is -0.189. The molecular formula is C16H16N2O3S. The highest BCUT2D eigenvalue weighted by molar-refractivity contribution is 8.00. The Bertz CT molecular complexity index is 686. The molecule has 2 aromatic carbocycles. The van der Waals surface area contributed by atoms with Crippen LogP contribution in [0.4, 0.5) is 11.4 Å². The molecule has 0 saturated carbocycles. The van der Waals surface area contributed by atoms with Gasteiger partial charge in [-0.3, -0.25) is 14.9 Å². The molecule has 6 heteroatoms. The maximum absolute atomic E-state index is 12.2. The topological polar surface area (TPSA) is 72.2 Å². The third-order valence-electron chi connectivity index (χ3n) is 3.03. The van der Waals surface area contributed by atoms with Crippen molar-refractivity contribution in [3.05, 3.63) is 64.2 Å². The van der Waals surface area contributed by atoms with Crippen molar-refractivity contribution in [3.8, 4) is 0 Å². The van der Waals surface area contributed by atoms with Crippen LogP contribution in [0.25, 0.3) is 0 Å². The van der Waals surface area contributed by atoms with Crippen LogP contribution in [0.15, 0.2) is 53.4 Å². The first-order valence-corrected chi connectivity index (χ1v) is 7.62. The zero-order chi connectivity index (χ0) is 16.1. The lowest BCUT2D eigenvalue weighted by Gasteiger charge is -2.12. The van der Waals surface area contributed by atoms with Crippen LogP contribution in [0.2, 0.25) is 0 Å². The molecule has 5 nitrogen and oxygen atoms in total. The first-order chi connectivity index (χ1) is 10.5. The number of non-ortho nitro benzene ring substituents is 1. The Balaban J connectivity index is 2.00. The quantitative estimate of drug-likeness (QED) is 0.513. The average Bonchev–Trinajstić information content (AvgIpc) is 2.49. The second kappa shape index (κ2) is 7.09. The highest BCUT2D eigenvalue weighted by atomic mass is 32.2. The van der Waals surface area contributed by atoms with E-state index in [4.69, 9.17) is 0 Å². The van der Waals surface area contributed by atoms with Gasteiger partial charge in [-0.05, 0) is 32.0 Å². The maximum atomic E-state index is 12.2. The molecule has 0 spiro atoms. The summed E-state index contributed by atoms with van der Waals surface area (Å²) in [6.07, 6.45) is 0. The Hall–Kier alpha value is -2.34. The number of nitro benzene ring substituents is 1. The lowest BCUT2D eigenvalue weighted by Crippen LogP contribution is -2.22. The van der Waals surface area contributed by atoms with Gasteiger partial charge < -0.3 is 5.32 Å². The standard InChI is InChI=1S/C16H16N2O3S/c1-11-6-8-15(9-7-11)22-12(2)16(19)17-13-4-3-5-14(10-13)18(20)21/h3-10,12H,1-2H3,(H,17,19)/t12-/m1/s1. The molecular weight excluding hydrogens is 300 g/mol. The predicted octanol–water partition coefficient (Wildman–Crippen LogP) is 4.02. The minimum absolute atomic E-state index is 0.0448. The number of anilines is 1. The van der Waals surface area contributed by atoms with Crippen molar-refractivity contribution in [1.82, 2.24) is 0 Å². The zero-order valence-electron chi connectivity index (χ0n) is 12.3. The smallest absolute Gasteiger partial charge is 0.271 e. The van der Waals surface area contributed by atoms with E-state index in [0.717, 1.165) is 10.5 Å². The highest BCUT2D eigenvalue weighted by Gasteiger charge is 2.15. The number of thioether (sulfide) groups is 1. The maximum Gasteiger partial charge on any atom is 0.271 e. The predicted molar refractivity (Wildman–Crippen MR) is 88.2 cm³/mol. The summed E-state index contributed by atoms with van der Waals surface area (Å²) in [6.45, 7) is 3.81. The summed E-state index contributed by atoms with van der Waals surface area (Å²) in [7, 11) is 0. The van der Waals surface area contributed by atoms with Gasteiger partial charge in [0.25, 0.3) is 5.69 Å². The van der Waals surface area contributed by atoms with Crippen LogP contribution in [-0.4, -0.2) is 16.1 Å². The molecule has 0 saturated heterocycles. The molecule has 2 aromatic rings. The number of nitrogens with zero attached hydrogens (tertiary/aromatic N) is 1. The third-order valence-corrected chi connectivity index (χ3v) is 4.14. The third kappa shape index (κ3) is 4.33. The van der Waals surface area contributed by atoms with Crippen molar-refractivity contribution in [2.75, 3.05) is 5.32 Å². The number of benzene rings is 2. The van der Waals surface area contributed by atoms with Gasteiger partial charge in [0, 0.05) is 22.7 Å². The summed E-state index contributed by atoms with van der Waals surface area (Å²) >= 11 is 1.44. The fourth-order valence-corrected chi connectivity index (χ4v) is 2.68. The molecule has 0 fully saturated rings.